The Morgan fingerprint density at radius 3 is 2.52 bits per heavy atom. The van der Waals surface area contributed by atoms with E-state index in [2.05, 4.69) is 34.6 Å². The van der Waals surface area contributed by atoms with Gasteiger partial charge in [-0.2, -0.15) is 0 Å². The average molecular weight is 399 g/mol. The molecule has 1 heterocycles. The molecule has 0 aliphatic heterocycles. The summed E-state index contributed by atoms with van der Waals surface area (Å²) < 4.78 is 1.93. The van der Waals surface area contributed by atoms with E-state index in [1.54, 1.807) is 11.8 Å². The minimum absolute atomic E-state index is 0.0543. The molecule has 0 radical (unpaired) electrons. The van der Waals surface area contributed by atoms with Crippen molar-refractivity contribution in [3.05, 3.63) is 54.1 Å². The standard InChI is InChI=1S/C20H22N4OS2/c1-13-9-11-15(12-10-13)18-22-23-20(24(18)3)27-14(2)19(25)21-16-7-5-6-8-17(16)26-4/h5-12,14H,1-4H3,(H,21,25). The Morgan fingerprint density at radius 2 is 1.81 bits per heavy atom. The van der Waals surface area contributed by atoms with Gasteiger partial charge in [0.25, 0.3) is 0 Å². The quantitative estimate of drug-likeness (QED) is 0.614. The van der Waals surface area contributed by atoms with Gasteiger partial charge in [0.15, 0.2) is 11.0 Å². The van der Waals surface area contributed by atoms with Crippen LogP contribution in [0.15, 0.2) is 58.6 Å². The van der Waals surface area contributed by atoms with Crippen molar-refractivity contribution >= 4 is 35.1 Å². The number of carbonyl (C=O) groups excluding carboxylic acids is 1. The molecule has 0 aliphatic carbocycles. The molecule has 1 unspecified atom stereocenters. The van der Waals surface area contributed by atoms with Crippen molar-refractivity contribution in [1.82, 2.24) is 14.8 Å². The Morgan fingerprint density at radius 1 is 1.11 bits per heavy atom. The molecule has 2 aromatic carbocycles. The Labute approximate surface area is 168 Å². The highest BCUT2D eigenvalue weighted by atomic mass is 32.2. The highest BCUT2D eigenvalue weighted by Gasteiger charge is 2.20. The second-order valence-corrected chi connectivity index (χ2v) is 8.34. The number of carbonyl (C=O) groups is 1. The molecular weight excluding hydrogens is 376 g/mol. The Bertz CT molecular complexity index is 937. The van der Waals surface area contributed by atoms with E-state index in [1.165, 1.54) is 17.3 Å². The summed E-state index contributed by atoms with van der Waals surface area (Å²) in [4.78, 5) is 13.7. The first-order valence-electron chi connectivity index (χ1n) is 8.56. The number of amides is 1. The molecule has 0 bridgehead atoms. The van der Waals surface area contributed by atoms with Crippen LogP contribution in [-0.4, -0.2) is 32.2 Å². The maximum absolute atomic E-state index is 12.6. The van der Waals surface area contributed by atoms with Crippen molar-refractivity contribution in [1.29, 1.82) is 0 Å². The van der Waals surface area contributed by atoms with Crippen molar-refractivity contribution in [2.75, 3.05) is 11.6 Å². The molecule has 5 nitrogen and oxygen atoms in total. The summed E-state index contributed by atoms with van der Waals surface area (Å²) in [5, 5.41) is 12.0. The van der Waals surface area contributed by atoms with Gasteiger partial charge in [0.1, 0.15) is 0 Å². The molecule has 1 N–H and O–H groups in total. The zero-order valence-electron chi connectivity index (χ0n) is 15.8. The van der Waals surface area contributed by atoms with E-state index in [9.17, 15) is 4.79 Å². The molecule has 140 valence electrons. The smallest absolute Gasteiger partial charge is 0.237 e. The molecule has 1 aromatic heterocycles. The topological polar surface area (TPSA) is 59.8 Å². The first kappa shape index (κ1) is 19.5. The van der Waals surface area contributed by atoms with E-state index in [0.29, 0.717) is 5.16 Å². The number of hydrogen-bond donors (Lipinski definition) is 1. The van der Waals surface area contributed by atoms with E-state index in [-0.39, 0.29) is 11.2 Å². The minimum Gasteiger partial charge on any atom is -0.324 e. The van der Waals surface area contributed by atoms with Gasteiger partial charge in [-0.1, -0.05) is 53.7 Å². The van der Waals surface area contributed by atoms with Crippen LogP contribution in [-0.2, 0) is 11.8 Å². The van der Waals surface area contributed by atoms with Gasteiger partial charge in [0, 0.05) is 17.5 Å². The van der Waals surface area contributed by atoms with Gasteiger partial charge in [-0.15, -0.1) is 22.0 Å². The van der Waals surface area contributed by atoms with Gasteiger partial charge >= 0.3 is 0 Å². The summed E-state index contributed by atoms with van der Waals surface area (Å²) in [5.41, 5.74) is 3.04. The van der Waals surface area contributed by atoms with E-state index < -0.39 is 0 Å². The van der Waals surface area contributed by atoms with E-state index in [4.69, 9.17) is 0 Å². The number of thioether (sulfide) groups is 2. The summed E-state index contributed by atoms with van der Waals surface area (Å²) >= 11 is 3.01. The van der Waals surface area contributed by atoms with Crippen LogP contribution in [0, 0.1) is 6.92 Å². The van der Waals surface area contributed by atoms with Gasteiger partial charge in [-0.05, 0) is 32.2 Å². The molecule has 0 aliphatic rings. The molecule has 27 heavy (non-hydrogen) atoms. The Hall–Kier alpha value is -2.25. The molecule has 3 rings (SSSR count). The second kappa shape index (κ2) is 8.63. The molecule has 1 amide bonds. The third-order valence-corrected chi connectivity index (χ3v) is 6.09. The number of para-hydroxylation sites is 1. The lowest BCUT2D eigenvalue weighted by molar-refractivity contribution is -0.115. The fourth-order valence-corrected chi connectivity index (χ4v) is 3.93. The van der Waals surface area contributed by atoms with E-state index in [0.717, 1.165) is 22.0 Å². The molecule has 0 saturated carbocycles. The highest BCUT2D eigenvalue weighted by Crippen LogP contribution is 2.28. The average Bonchev–Trinajstić information content (AvgIpc) is 3.03. The van der Waals surface area contributed by atoms with Crippen molar-refractivity contribution in [3.8, 4) is 11.4 Å². The monoisotopic (exact) mass is 398 g/mol. The number of anilines is 1. The van der Waals surface area contributed by atoms with Crippen LogP contribution >= 0.6 is 23.5 Å². The Kier molecular flexibility index (Phi) is 6.23. The summed E-state index contributed by atoms with van der Waals surface area (Å²) in [7, 11) is 1.92. The van der Waals surface area contributed by atoms with Crippen LogP contribution in [0.5, 0.6) is 0 Å². The fraction of sp³-hybridized carbons (Fsp3) is 0.250. The maximum atomic E-state index is 12.6. The predicted octanol–water partition coefficient (Wildman–Crippen LogP) is 4.63. The van der Waals surface area contributed by atoms with Crippen molar-refractivity contribution in [2.45, 2.75) is 29.1 Å². The lowest BCUT2D eigenvalue weighted by Gasteiger charge is -2.13. The van der Waals surface area contributed by atoms with Crippen LogP contribution in [0.2, 0.25) is 0 Å². The largest absolute Gasteiger partial charge is 0.324 e. The molecule has 0 saturated heterocycles. The number of nitrogens with zero attached hydrogens (tertiary/aromatic N) is 3. The summed E-state index contributed by atoms with van der Waals surface area (Å²) in [6.45, 7) is 3.93. The first-order chi connectivity index (χ1) is 13.0. The number of aromatic nitrogens is 3. The van der Waals surface area contributed by atoms with Crippen molar-refractivity contribution in [3.63, 3.8) is 0 Å². The predicted molar refractivity (Wildman–Crippen MR) is 113 cm³/mol. The van der Waals surface area contributed by atoms with Crippen LogP contribution in [0.1, 0.15) is 12.5 Å². The van der Waals surface area contributed by atoms with E-state index >= 15 is 0 Å². The molecule has 0 spiro atoms. The lowest BCUT2D eigenvalue weighted by Crippen LogP contribution is -2.23. The van der Waals surface area contributed by atoms with Gasteiger partial charge in [0.2, 0.25) is 5.91 Å². The number of hydrogen-bond acceptors (Lipinski definition) is 5. The number of rotatable bonds is 6. The first-order valence-corrected chi connectivity index (χ1v) is 10.7. The normalized spacial score (nSPS) is 12.0. The van der Waals surface area contributed by atoms with Crippen LogP contribution < -0.4 is 5.32 Å². The molecular formula is C20H22N4OS2. The summed E-state index contributed by atoms with van der Waals surface area (Å²) in [6.07, 6.45) is 2.00. The van der Waals surface area contributed by atoms with Crippen molar-refractivity contribution in [2.24, 2.45) is 7.05 Å². The fourth-order valence-electron chi connectivity index (χ4n) is 2.57. The number of benzene rings is 2. The molecule has 3 aromatic rings. The highest BCUT2D eigenvalue weighted by molar-refractivity contribution is 8.00. The third-order valence-electron chi connectivity index (χ3n) is 4.16. The zero-order chi connectivity index (χ0) is 19.4. The van der Waals surface area contributed by atoms with Gasteiger partial charge < -0.3 is 9.88 Å². The number of nitrogens with one attached hydrogen (secondary N) is 1. The minimum atomic E-state index is -0.298. The second-order valence-electron chi connectivity index (χ2n) is 6.18. The molecule has 7 heteroatoms. The van der Waals surface area contributed by atoms with Gasteiger partial charge in [-0.3, -0.25) is 4.79 Å². The Balaban J connectivity index is 1.71. The zero-order valence-corrected chi connectivity index (χ0v) is 17.4. The SMILES string of the molecule is CSc1ccccc1NC(=O)C(C)Sc1nnc(-c2ccc(C)cc2)n1C. The summed E-state index contributed by atoms with van der Waals surface area (Å²) in [6, 6.07) is 16.0. The molecule has 1 atom stereocenters. The van der Waals surface area contributed by atoms with Crippen LogP contribution in [0.4, 0.5) is 5.69 Å². The lowest BCUT2D eigenvalue weighted by atomic mass is 10.1. The number of aryl methyl sites for hydroxylation is 1. The van der Waals surface area contributed by atoms with Crippen LogP contribution in [0.3, 0.4) is 0 Å². The van der Waals surface area contributed by atoms with Gasteiger partial charge in [0.05, 0.1) is 10.9 Å². The van der Waals surface area contributed by atoms with E-state index in [1.807, 2.05) is 61.2 Å². The molecule has 0 fully saturated rings. The maximum Gasteiger partial charge on any atom is 0.237 e. The summed E-state index contributed by atoms with van der Waals surface area (Å²) in [5.74, 6) is 0.735. The third kappa shape index (κ3) is 4.54. The van der Waals surface area contributed by atoms with Crippen LogP contribution in [0.25, 0.3) is 11.4 Å². The van der Waals surface area contributed by atoms with Crippen molar-refractivity contribution < 1.29 is 4.79 Å². The van der Waals surface area contributed by atoms with Gasteiger partial charge in [-0.25, -0.2) is 0 Å².